The second-order valence-corrected chi connectivity index (χ2v) is 6.96. The normalized spacial score (nSPS) is 10.2. The predicted octanol–water partition coefficient (Wildman–Crippen LogP) is 2.79. The zero-order chi connectivity index (χ0) is 21.8. The number of esters is 1. The fourth-order valence-corrected chi connectivity index (χ4v) is 2.74. The number of hydrogen-bond acceptors (Lipinski definition) is 5. The highest BCUT2D eigenvalue weighted by Gasteiger charge is 2.10. The number of hydrogen-bond donors (Lipinski definition) is 2. The molecule has 2 aromatic rings. The first kappa shape index (κ1) is 22.9. The third-order valence-electron chi connectivity index (χ3n) is 4.30. The van der Waals surface area contributed by atoms with Crippen molar-refractivity contribution in [2.45, 2.75) is 39.5 Å². The van der Waals surface area contributed by atoms with Gasteiger partial charge in [0.15, 0.2) is 6.61 Å². The third kappa shape index (κ3) is 8.77. The summed E-state index contributed by atoms with van der Waals surface area (Å²) in [4.78, 5) is 35.2. The summed E-state index contributed by atoms with van der Waals surface area (Å²) in [6.07, 6.45) is 1.42. The topological polar surface area (TPSA) is 93.7 Å². The van der Waals surface area contributed by atoms with Gasteiger partial charge in [-0.15, -0.1) is 0 Å². The zero-order valence-electron chi connectivity index (χ0n) is 17.4. The summed E-state index contributed by atoms with van der Waals surface area (Å²) in [6.45, 7) is 3.94. The Hall–Kier alpha value is -3.35. The molecule has 2 N–H and O–H groups in total. The molecule has 0 bridgehead atoms. The molecule has 0 saturated heterocycles. The van der Waals surface area contributed by atoms with Crippen LogP contribution in [-0.4, -0.2) is 31.0 Å². The molecule has 0 radical (unpaired) electrons. The SMILES string of the molecule is Cc1ccc(OCC(=O)NNC(=O)CCC(=O)OCCCc2ccccc2)c(C)c1. The van der Waals surface area contributed by atoms with Crippen LogP contribution in [0.2, 0.25) is 0 Å². The summed E-state index contributed by atoms with van der Waals surface area (Å²) < 4.78 is 10.6. The van der Waals surface area contributed by atoms with Crippen LogP contribution >= 0.6 is 0 Å². The van der Waals surface area contributed by atoms with E-state index in [-0.39, 0.29) is 19.4 Å². The molecule has 7 heteroatoms. The molecule has 2 rings (SSSR count). The molecule has 0 aliphatic heterocycles. The standard InChI is InChI=1S/C23H28N2O5/c1-17-10-11-20(18(2)15-17)30-16-22(27)25-24-21(26)12-13-23(28)29-14-6-9-19-7-4-3-5-8-19/h3-5,7-8,10-11,15H,6,9,12-14,16H2,1-2H3,(H,24,26)(H,25,27). The summed E-state index contributed by atoms with van der Waals surface area (Å²) in [5, 5.41) is 0. The molecule has 0 fully saturated rings. The third-order valence-corrected chi connectivity index (χ3v) is 4.30. The van der Waals surface area contributed by atoms with Gasteiger partial charge in [0.2, 0.25) is 5.91 Å². The number of aryl methyl sites for hydroxylation is 3. The first-order chi connectivity index (χ1) is 14.4. The number of ether oxygens (including phenoxy) is 2. The number of rotatable bonds is 10. The van der Waals surface area contributed by atoms with Gasteiger partial charge in [0, 0.05) is 6.42 Å². The van der Waals surface area contributed by atoms with Crippen molar-refractivity contribution in [3.05, 3.63) is 65.2 Å². The van der Waals surface area contributed by atoms with Crippen molar-refractivity contribution in [1.82, 2.24) is 10.9 Å². The second kappa shape index (κ2) is 12.3. The minimum absolute atomic E-state index is 0.0495. The lowest BCUT2D eigenvalue weighted by Gasteiger charge is -2.11. The van der Waals surface area contributed by atoms with E-state index in [1.54, 1.807) is 6.07 Å². The Kier molecular flexibility index (Phi) is 9.37. The van der Waals surface area contributed by atoms with Crippen molar-refractivity contribution in [3.8, 4) is 5.75 Å². The van der Waals surface area contributed by atoms with E-state index in [1.807, 2.05) is 56.3 Å². The average molecular weight is 412 g/mol. The van der Waals surface area contributed by atoms with E-state index in [9.17, 15) is 14.4 Å². The van der Waals surface area contributed by atoms with Gasteiger partial charge in [-0.1, -0.05) is 48.0 Å². The molecule has 7 nitrogen and oxygen atoms in total. The van der Waals surface area contributed by atoms with Crippen LogP contribution in [0, 0.1) is 13.8 Å². The maximum Gasteiger partial charge on any atom is 0.306 e. The fourth-order valence-electron chi connectivity index (χ4n) is 2.74. The van der Waals surface area contributed by atoms with E-state index in [0.29, 0.717) is 12.4 Å². The molecule has 0 atom stereocenters. The molecule has 0 saturated carbocycles. The van der Waals surface area contributed by atoms with E-state index in [0.717, 1.165) is 24.0 Å². The molecule has 0 aromatic heterocycles. The highest BCUT2D eigenvalue weighted by Crippen LogP contribution is 2.18. The van der Waals surface area contributed by atoms with Crippen molar-refractivity contribution < 1.29 is 23.9 Å². The van der Waals surface area contributed by atoms with E-state index >= 15 is 0 Å². The molecule has 2 amide bonds. The Bertz CT molecular complexity index is 852. The summed E-state index contributed by atoms with van der Waals surface area (Å²) >= 11 is 0. The Morgan fingerprint density at radius 3 is 2.37 bits per heavy atom. The molecule has 0 aliphatic carbocycles. The number of benzene rings is 2. The molecule has 2 aromatic carbocycles. The minimum atomic E-state index is -0.494. The van der Waals surface area contributed by atoms with Gasteiger partial charge >= 0.3 is 5.97 Å². The Morgan fingerprint density at radius 1 is 0.900 bits per heavy atom. The van der Waals surface area contributed by atoms with Crippen LogP contribution in [0.15, 0.2) is 48.5 Å². The molecule has 0 aliphatic rings. The molecular weight excluding hydrogens is 384 g/mol. The maximum absolute atomic E-state index is 11.8. The second-order valence-electron chi connectivity index (χ2n) is 6.96. The van der Waals surface area contributed by atoms with Crippen molar-refractivity contribution >= 4 is 17.8 Å². The van der Waals surface area contributed by atoms with Gasteiger partial charge in [-0.2, -0.15) is 0 Å². The summed E-state index contributed by atoms with van der Waals surface area (Å²) in [7, 11) is 0. The summed E-state index contributed by atoms with van der Waals surface area (Å²) in [5.41, 5.74) is 7.74. The van der Waals surface area contributed by atoms with E-state index in [4.69, 9.17) is 9.47 Å². The predicted molar refractivity (Wildman–Crippen MR) is 113 cm³/mol. The minimum Gasteiger partial charge on any atom is -0.483 e. The Labute approximate surface area is 176 Å². The van der Waals surface area contributed by atoms with Crippen molar-refractivity contribution in [3.63, 3.8) is 0 Å². The van der Waals surface area contributed by atoms with Crippen LogP contribution in [-0.2, 0) is 25.5 Å². The first-order valence-corrected chi connectivity index (χ1v) is 9.91. The quantitative estimate of drug-likeness (QED) is 0.356. The molecule has 0 spiro atoms. The first-order valence-electron chi connectivity index (χ1n) is 9.91. The largest absolute Gasteiger partial charge is 0.483 e. The van der Waals surface area contributed by atoms with E-state index < -0.39 is 17.8 Å². The number of nitrogens with one attached hydrogen (secondary N) is 2. The number of carbonyl (C=O) groups is 3. The zero-order valence-corrected chi connectivity index (χ0v) is 17.4. The molecule has 0 unspecified atom stereocenters. The molecule has 160 valence electrons. The van der Waals surface area contributed by atoms with Gasteiger partial charge < -0.3 is 9.47 Å². The van der Waals surface area contributed by atoms with Crippen molar-refractivity contribution in [2.24, 2.45) is 0 Å². The van der Waals surface area contributed by atoms with Gasteiger partial charge in [0.05, 0.1) is 13.0 Å². The highest BCUT2D eigenvalue weighted by molar-refractivity contribution is 5.84. The van der Waals surface area contributed by atoms with E-state index in [2.05, 4.69) is 10.9 Å². The van der Waals surface area contributed by atoms with Gasteiger partial charge in [-0.3, -0.25) is 25.2 Å². The molecular formula is C23H28N2O5. The van der Waals surface area contributed by atoms with Crippen LogP contribution in [0.3, 0.4) is 0 Å². The monoisotopic (exact) mass is 412 g/mol. The number of amides is 2. The number of hydrazine groups is 1. The Morgan fingerprint density at radius 2 is 1.63 bits per heavy atom. The lowest BCUT2D eigenvalue weighted by Crippen LogP contribution is -2.43. The fraction of sp³-hybridized carbons (Fsp3) is 0.348. The average Bonchev–Trinajstić information content (AvgIpc) is 2.74. The number of carbonyl (C=O) groups excluding carboxylic acids is 3. The van der Waals surface area contributed by atoms with Crippen LogP contribution in [0.1, 0.15) is 36.0 Å². The summed E-state index contributed by atoms with van der Waals surface area (Å²) in [5.74, 6) is -0.803. The highest BCUT2D eigenvalue weighted by atomic mass is 16.5. The van der Waals surface area contributed by atoms with E-state index in [1.165, 1.54) is 5.56 Å². The van der Waals surface area contributed by atoms with Gasteiger partial charge in [-0.25, -0.2) is 0 Å². The molecule has 30 heavy (non-hydrogen) atoms. The van der Waals surface area contributed by atoms with Crippen LogP contribution < -0.4 is 15.6 Å². The van der Waals surface area contributed by atoms with Crippen LogP contribution in [0.25, 0.3) is 0 Å². The van der Waals surface area contributed by atoms with Gasteiger partial charge in [0.1, 0.15) is 5.75 Å². The van der Waals surface area contributed by atoms with Crippen LogP contribution in [0.4, 0.5) is 0 Å². The lowest BCUT2D eigenvalue weighted by molar-refractivity contribution is -0.145. The maximum atomic E-state index is 11.8. The van der Waals surface area contributed by atoms with Gasteiger partial charge in [0.25, 0.3) is 5.91 Å². The smallest absolute Gasteiger partial charge is 0.306 e. The Balaban J connectivity index is 1.54. The van der Waals surface area contributed by atoms with Crippen molar-refractivity contribution in [2.75, 3.05) is 13.2 Å². The summed E-state index contributed by atoms with van der Waals surface area (Å²) in [6, 6.07) is 15.6. The molecule has 0 heterocycles. The lowest BCUT2D eigenvalue weighted by atomic mass is 10.1. The van der Waals surface area contributed by atoms with Crippen molar-refractivity contribution in [1.29, 1.82) is 0 Å². The van der Waals surface area contributed by atoms with Crippen LogP contribution in [0.5, 0.6) is 5.75 Å². The van der Waals surface area contributed by atoms with Gasteiger partial charge in [-0.05, 0) is 43.9 Å².